The van der Waals surface area contributed by atoms with Gasteiger partial charge in [-0.3, -0.25) is 9.69 Å². The van der Waals surface area contributed by atoms with E-state index < -0.39 is 17.6 Å². The number of benzene rings is 2. The van der Waals surface area contributed by atoms with Gasteiger partial charge in [0.2, 0.25) is 5.89 Å². The molecule has 0 bridgehead atoms. The van der Waals surface area contributed by atoms with E-state index in [-0.39, 0.29) is 31.2 Å². The molecule has 36 heavy (non-hydrogen) atoms. The highest BCUT2D eigenvalue weighted by atomic mass is 19.4. The predicted molar refractivity (Wildman–Crippen MR) is 127 cm³/mol. The van der Waals surface area contributed by atoms with Crippen LogP contribution in [0.1, 0.15) is 50.0 Å². The molecule has 2 aromatic heterocycles. The van der Waals surface area contributed by atoms with Crippen molar-refractivity contribution in [3.63, 3.8) is 0 Å². The Morgan fingerprint density at radius 2 is 1.83 bits per heavy atom. The number of nitrogens with zero attached hydrogens (tertiary/aromatic N) is 2. The summed E-state index contributed by atoms with van der Waals surface area (Å²) >= 11 is 0. The van der Waals surface area contributed by atoms with E-state index in [0.29, 0.717) is 17.9 Å². The fourth-order valence-corrected chi connectivity index (χ4v) is 3.89. The van der Waals surface area contributed by atoms with Gasteiger partial charge in [-0.2, -0.15) is 13.2 Å². The van der Waals surface area contributed by atoms with E-state index in [0.717, 1.165) is 28.8 Å². The monoisotopic (exact) mass is 497 g/mol. The van der Waals surface area contributed by atoms with Gasteiger partial charge in [-0.25, -0.2) is 4.98 Å². The molecule has 0 saturated heterocycles. The van der Waals surface area contributed by atoms with Crippen molar-refractivity contribution in [3.8, 4) is 0 Å². The van der Waals surface area contributed by atoms with Gasteiger partial charge in [-0.15, -0.1) is 0 Å². The molecule has 6 nitrogen and oxygen atoms in total. The molecular formula is C27H26F3N3O3. The molecule has 0 aliphatic rings. The minimum Gasteiger partial charge on any atom is -0.467 e. The second kappa shape index (κ2) is 10.8. The average Bonchev–Trinajstić information content (AvgIpc) is 3.51. The fourth-order valence-electron chi connectivity index (χ4n) is 3.89. The maximum atomic E-state index is 13.2. The first-order chi connectivity index (χ1) is 17.2. The highest BCUT2D eigenvalue weighted by Crippen LogP contribution is 2.30. The number of carbonyl (C=O) groups is 1. The number of aryl methyl sites for hydroxylation is 2. The lowest BCUT2D eigenvalue weighted by atomic mass is 10.0. The predicted octanol–water partition coefficient (Wildman–Crippen LogP) is 6.04. The molecule has 1 amide bonds. The smallest absolute Gasteiger partial charge is 0.416 e. The number of halogens is 3. The van der Waals surface area contributed by atoms with Crippen molar-refractivity contribution in [1.29, 1.82) is 0 Å². The number of furan rings is 1. The van der Waals surface area contributed by atoms with Crippen molar-refractivity contribution in [1.82, 2.24) is 15.2 Å². The van der Waals surface area contributed by atoms with E-state index in [1.54, 1.807) is 18.2 Å². The first-order valence-corrected chi connectivity index (χ1v) is 11.4. The first-order valence-electron chi connectivity index (χ1n) is 11.4. The summed E-state index contributed by atoms with van der Waals surface area (Å²) in [4.78, 5) is 18.7. The van der Waals surface area contributed by atoms with Crippen molar-refractivity contribution in [2.45, 2.75) is 46.2 Å². The largest absolute Gasteiger partial charge is 0.467 e. The van der Waals surface area contributed by atoms with Crippen LogP contribution in [-0.4, -0.2) is 15.8 Å². The lowest BCUT2D eigenvalue weighted by molar-refractivity contribution is -0.137. The molecule has 2 aromatic carbocycles. The number of alkyl halides is 3. The lowest BCUT2D eigenvalue weighted by Gasteiger charge is -2.22. The van der Waals surface area contributed by atoms with Gasteiger partial charge in [0.05, 0.1) is 24.9 Å². The van der Waals surface area contributed by atoms with Crippen LogP contribution in [0.4, 0.5) is 13.2 Å². The summed E-state index contributed by atoms with van der Waals surface area (Å²) in [7, 11) is 0. The zero-order valence-corrected chi connectivity index (χ0v) is 19.9. The summed E-state index contributed by atoms with van der Waals surface area (Å²) in [5.74, 6) is 0.475. The lowest BCUT2D eigenvalue weighted by Crippen LogP contribution is -2.24. The van der Waals surface area contributed by atoms with Crippen LogP contribution >= 0.6 is 0 Å². The van der Waals surface area contributed by atoms with E-state index in [1.807, 2.05) is 30.9 Å². The normalized spacial score (nSPS) is 11.7. The summed E-state index contributed by atoms with van der Waals surface area (Å²) in [6.07, 6.45) is -1.63. The number of hydrogen-bond donors (Lipinski definition) is 1. The molecule has 0 fully saturated rings. The van der Waals surface area contributed by atoms with Crippen LogP contribution in [0.3, 0.4) is 0 Å². The Balaban J connectivity index is 1.51. The third-order valence-electron chi connectivity index (χ3n) is 5.70. The topological polar surface area (TPSA) is 71.5 Å². The van der Waals surface area contributed by atoms with Crippen LogP contribution < -0.4 is 5.32 Å². The van der Waals surface area contributed by atoms with Gasteiger partial charge >= 0.3 is 6.18 Å². The summed E-state index contributed by atoms with van der Waals surface area (Å²) in [6, 6.07) is 14.8. The molecule has 1 N–H and O–H groups in total. The SMILES string of the molecule is Cc1ccc(CN(Cc2cccc(C(F)(F)F)c2)Cc2nc(C(=O)NCc3ccco3)co2)c(C)c1. The van der Waals surface area contributed by atoms with Crippen LogP contribution in [-0.2, 0) is 32.4 Å². The van der Waals surface area contributed by atoms with Gasteiger partial charge in [0.25, 0.3) is 5.91 Å². The van der Waals surface area contributed by atoms with Crippen LogP contribution in [0.15, 0.2) is 76.0 Å². The summed E-state index contributed by atoms with van der Waals surface area (Å²) < 4.78 is 50.5. The van der Waals surface area contributed by atoms with E-state index in [9.17, 15) is 18.0 Å². The minimum atomic E-state index is -4.42. The molecule has 4 rings (SSSR count). The Morgan fingerprint density at radius 3 is 2.56 bits per heavy atom. The zero-order chi connectivity index (χ0) is 25.7. The van der Waals surface area contributed by atoms with Crippen molar-refractivity contribution >= 4 is 5.91 Å². The quantitative estimate of drug-likeness (QED) is 0.306. The molecule has 9 heteroatoms. The Labute approximate surface area is 206 Å². The molecule has 188 valence electrons. The third kappa shape index (κ3) is 6.63. The number of oxazole rings is 1. The van der Waals surface area contributed by atoms with E-state index in [1.165, 1.54) is 18.6 Å². The maximum absolute atomic E-state index is 13.2. The Kier molecular flexibility index (Phi) is 7.59. The number of carbonyl (C=O) groups excluding carboxylic acids is 1. The van der Waals surface area contributed by atoms with Gasteiger partial charge in [0.15, 0.2) is 5.69 Å². The summed E-state index contributed by atoms with van der Waals surface area (Å²) in [5.41, 5.74) is 3.17. The average molecular weight is 498 g/mol. The second-order valence-electron chi connectivity index (χ2n) is 8.66. The molecular weight excluding hydrogens is 471 g/mol. The third-order valence-corrected chi connectivity index (χ3v) is 5.70. The molecule has 0 unspecified atom stereocenters. The Morgan fingerprint density at radius 1 is 1.00 bits per heavy atom. The molecule has 0 spiro atoms. The molecule has 0 atom stereocenters. The Bertz CT molecular complexity index is 1310. The zero-order valence-electron chi connectivity index (χ0n) is 19.9. The molecule has 0 aliphatic heterocycles. The van der Waals surface area contributed by atoms with Crippen molar-refractivity contribution in [2.75, 3.05) is 0 Å². The number of amides is 1. The molecule has 2 heterocycles. The van der Waals surface area contributed by atoms with Crippen LogP contribution in [0.5, 0.6) is 0 Å². The van der Waals surface area contributed by atoms with Crippen LogP contribution in [0.2, 0.25) is 0 Å². The van der Waals surface area contributed by atoms with Gasteiger partial charge in [0.1, 0.15) is 12.0 Å². The summed E-state index contributed by atoms with van der Waals surface area (Å²) in [6.45, 7) is 5.11. The molecule has 0 aliphatic carbocycles. The fraction of sp³-hybridized carbons (Fsp3) is 0.259. The molecule has 4 aromatic rings. The van der Waals surface area contributed by atoms with Crippen LogP contribution in [0.25, 0.3) is 0 Å². The maximum Gasteiger partial charge on any atom is 0.416 e. The Hall–Kier alpha value is -3.85. The van der Waals surface area contributed by atoms with E-state index in [4.69, 9.17) is 8.83 Å². The number of aromatic nitrogens is 1. The van der Waals surface area contributed by atoms with E-state index >= 15 is 0 Å². The number of nitrogens with one attached hydrogen (secondary N) is 1. The first kappa shape index (κ1) is 25.2. The van der Waals surface area contributed by atoms with Crippen molar-refractivity contribution in [2.24, 2.45) is 0 Å². The number of hydrogen-bond acceptors (Lipinski definition) is 5. The standard InChI is InChI=1S/C27H26F3N3O3/c1-18-8-9-21(19(2)11-18)15-33(14-20-5-3-6-22(12-20)27(28,29)30)16-25-32-24(17-36-25)26(34)31-13-23-7-4-10-35-23/h3-12,17H,13-16H2,1-2H3,(H,31,34). The molecule has 0 saturated carbocycles. The highest BCUT2D eigenvalue weighted by molar-refractivity contribution is 5.91. The summed E-state index contributed by atoms with van der Waals surface area (Å²) in [5, 5.41) is 2.71. The molecule has 0 radical (unpaired) electrons. The van der Waals surface area contributed by atoms with Gasteiger partial charge in [-0.1, -0.05) is 42.0 Å². The van der Waals surface area contributed by atoms with Crippen molar-refractivity contribution < 1.29 is 26.8 Å². The van der Waals surface area contributed by atoms with Crippen molar-refractivity contribution in [3.05, 3.63) is 112 Å². The van der Waals surface area contributed by atoms with E-state index in [2.05, 4.69) is 16.4 Å². The van der Waals surface area contributed by atoms with Gasteiger partial charge in [0, 0.05) is 13.1 Å². The van der Waals surface area contributed by atoms with Gasteiger partial charge < -0.3 is 14.2 Å². The van der Waals surface area contributed by atoms with Gasteiger partial charge in [-0.05, 0) is 48.7 Å². The number of rotatable bonds is 9. The minimum absolute atomic E-state index is 0.113. The second-order valence-corrected chi connectivity index (χ2v) is 8.66. The van der Waals surface area contributed by atoms with Crippen LogP contribution in [0, 0.1) is 13.8 Å². The highest BCUT2D eigenvalue weighted by Gasteiger charge is 2.30.